The van der Waals surface area contributed by atoms with Crippen LogP contribution in [-0.4, -0.2) is 41.0 Å². The molecule has 0 aliphatic rings. The van der Waals surface area contributed by atoms with Gasteiger partial charge in [-0.2, -0.15) is 0 Å². The van der Waals surface area contributed by atoms with Crippen LogP contribution in [0.4, 0.5) is 0 Å². The zero-order valence-electron chi connectivity index (χ0n) is 8.15. The van der Waals surface area contributed by atoms with Crippen molar-refractivity contribution < 1.29 is 14.7 Å². The van der Waals surface area contributed by atoms with Crippen LogP contribution in [0.3, 0.4) is 0 Å². The van der Waals surface area contributed by atoms with Gasteiger partial charge in [0.05, 0.1) is 5.60 Å². The van der Waals surface area contributed by atoms with Crippen molar-refractivity contribution in [3.8, 4) is 0 Å². The van der Waals surface area contributed by atoms with Crippen LogP contribution in [0.15, 0.2) is 0 Å². The molecule has 5 nitrogen and oxygen atoms in total. The summed E-state index contributed by atoms with van der Waals surface area (Å²) in [5.74, 6) is -0.614. The third-order valence-electron chi connectivity index (χ3n) is 1.68. The number of hydrogen-bond acceptors (Lipinski definition) is 3. The molecule has 0 rings (SSSR count). The maximum absolute atomic E-state index is 10.9. The smallest absolute Gasteiger partial charge is 0.240 e. The summed E-state index contributed by atoms with van der Waals surface area (Å²) >= 11 is 0. The summed E-state index contributed by atoms with van der Waals surface area (Å²) < 4.78 is 0. The maximum Gasteiger partial charge on any atom is 0.240 e. The van der Waals surface area contributed by atoms with Gasteiger partial charge in [-0.1, -0.05) is 0 Å². The lowest BCUT2D eigenvalue weighted by atomic mass is 9.98. The van der Waals surface area contributed by atoms with E-state index in [1.54, 1.807) is 13.8 Å². The molecule has 1 atom stereocenters. The fourth-order valence-corrected chi connectivity index (χ4v) is 0.992. The van der Waals surface area contributed by atoms with E-state index in [2.05, 4.69) is 0 Å². The second kappa shape index (κ2) is 4.23. The minimum atomic E-state index is -1.02. The number of aliphatic hydroxyl groups is 1. The molecule has 0 aliphatic carbocycles. The number of likely N-dealkylation sites (N-methyl/N-ethyl adjacent to an activating group) is 1. The van der Waals surface area contributed by atoms with Gasteiger partial charge in [0.15, 0.2) is 0 Å². The number of primary amides is 1. The number of rotatable bonds is 5. The van der Waals surface area contributed by atoms with Gasteiger partial charge in [-0.3, -0.25) is 9.59 Å². The van der Waals surface area contributed by atoms with Gasteiger partial charge in [0.1, 0.15) is 6.04 Å². The third-order valence-corrected chi connectivity index (χ3v) is 1.68. The Morgan fingerprint density at radius 3 is 2.38 bits per heavy atom. The van der Waals surface area contributed by atoms with Crippen molar-refractivity contribution in [2.75, 3.05) is 7.05 Å². The highest BCUT2D eigenvalue weighted by molar-refractivity contribution is 5.81. The van der Waals surface area contributed by atoms with Crippen molar-refractivity contribution >= 4 is 12.3 Å². The van der Waals surface area contributed by atoms with Crippen molar-refractivity contribution in [3.05, 3.63) is 0 Å². The molecule has 0 aromatic rings. The van der Waals surface area contributed by atoms with Crippen LogP contribution in [0.5, 0.6) is 0 Å². The fraction of sp³-hybridized carbons (Fsp3) is 0.750. The Morgan fingerprint density at radius 2 is 2.15 bits per heavy atom. The molecule has 0 radical (unpaired) electrons. The maximum atomic E-state index is 10.9. The van der Waals surface area contributed by atoms with Crippen LogP contribution < -0.4 is 5.73 Å². The Kier molecular flexibility index (Phi) is 3.87. The van der Waals surface area contributed by atoms with E-state index < -0.39 is 17.6 Å². The van der Waals surface area contributed by atoms with Crippen molar-refractivity contribution in [2.24, 2.45) is 5.73 Å². The summed E-state index contributed by atoms with van der Waals surface area (Å²) in [7, 11) is 1.45. The molecule has 0 bridgehead atoms. The Bertz CT molecular complexity index is 198. The minimum Gasteiger partial charge on any atom is -0.390 e. The van der Waals surface area contributed by atoms with Crippen molar-refractivity contribution in [2.45, 2.75) is 31.9 Å². The predicted octanol–water partition coefficient (Wildman–Crippen LogP) is -0.910. The van der Waals surface area contributed by atoms with Gasteiger partial charge >= 0.3 is 0 Å². The minimum absolute atomic E-state index is 0.136. The molecule has 0 aromatic carbocycles. The monoisotopic (exact) mass is 188 g/mol. The van der Waals surface area contributed by atoms with E-state index in [4.69, 9.17) is 5.73 Å². The first-order chi connectivity index (χ1) is 5.78. The van der Waals surface area contributed by atoms with Crippen LogP contribution in [0.25, 0.3) is 0 Å². The van der Waals surface area contributed by atoms with Gasteiger partial charge in [0, 0.05) is 13.5 Å². The van der Waals surface area contributed by atoms with Gasteiger partial charge in [-0.15, -0.1) is 0 Å². The number of nitrogens with two attached hydrogens (primary N) is 1. The molecule has 0 unspecified atom stereocenters. The molecule has 3 N–H and O–H groups in total. The average molecular weight is 188 g/mol. The standard InChI is InChI=1S/C8H16N2O3/c1-8(2,13)4-6(7(9)12)10(3)5-11/h5-6,13H,4H2,1-3H3,(H2,9,12)/t6-/m0/s1. The van der Waals surface area contributed by atoms with Gasteiger partial charge in [-0.05, 0) is 13.8 Å². The molecular weight excluding hydrogens is 172 g/mol. The molecule has 0 spiro atoms. The summed E-state index contributed by atoms with van der Waals surface area (Å²) in [4.78, 5) is 22.4. The molecule has 0 aliphatic heterocycles. The largest absolute Gasteiger partial charge is 0.390 e. The lowest BCUT2D eigenvalue weighted by Gasteiger charge is -2.27. The number of nitrogens with zero attached hydrogens (tertiary/aromatic N) is 1. The summed E-state index contributed by atoms with van der Waals surface area (Å²) in [6.45, 7) is 3.11. The first kappa shape index (κ1) is 11.9. The molecule has 0 saturated heterocycles. The lowest BCUT2D eigenvalue weighted by molar-refractivity contribution is -0.131. The number of carbonyl (C=O) groups is 2. The third kappa shape index (κ3) is 4.47. The van der Waals surface area contributed by atoms with E-state index in [0.717, 1.165) is 4.90 Å². The fourth-order valence-electron chi connectivity index (χ4n) is 0.992. The Balaban J connectivity index is 4.44. The highest BCUT2D eigenvalue weighted by atomic mass is 16.3. The quantitative estimate of drug-likeness (QED) is 0.548. The highest BCUT2D eigenvalue weighted by Crippen LogP contribution is 2.13. The lowest BCUT2D eigenvalue weighted by Crippen LogP contribution is -2.46. The second-order valence-corrected chi connectivity index (χ2v) is 3.71. The molecule has 76 valence electrons. The van der Waals surface area contributed by atoms with Crippen molar-refractivity contribution in [1.29, 1.82) is 0 Å². The number of carbonyl (C=O) groups excluding carboxylic acids is 2. The van der Waals surface area contributed by atoms with Crippen LogP contribution in [0.1, 0.15) is 20.3 Å². The van der Waals surface area contributed by atoms with Crippen LogP contribution in [0.2, 0.25) is 0 Å². The van der Waals surface area contributed by atoms with Gasteiger partial charge in [-0.25, -0.2) is 0 Å². The normalized spacial score (nSPS) is 13.5. The summed E-state index contributed by atoms with van der Waals surface area (Å²) in [6.07, 6.45) is 0.652. The summed E-state index contributed by atoms with van der Waals surface area (Å²) in [5.41, 5.74) is 4.05. The summed E-state index contributed by atoms with van der Waals surface area (Å²) in [5, 5.41) is 9.43. The van der Waals surface area contributed by atoms with Crippen LogP contribution in [-0.2, 0) is 9.59 Å². The van der Waals surface area contributed by atoms with E-state index in [0.29, 0.717) is 6.41 Å². The van der Waals surface area contributed by atoms with Crippen molar-refractivity contribution in [1.82, 2.24) is 4.90 Å². The van der Waals surface area contributed by atoms with Gasteiger partial charge < -0.3 is 15.7 Å². The second-order valence-electron chi connectivity index (χ2n) is 3.71. The van der Waals surface area contributed by atoms with E-state index in [9.17, 15) is 14.7 Å². The average Bonchev–Trinajstić information content (AvgIpc) is 1.96. The van der Waals surface area contributed by atoms with Crippen LogP contribution in [0, 0.1) is 0 Å². The topological polar surface area (TPSA) is 83.6 Å². The van der Waals surface area contributed by atoms with Crippen molar-refractivity contribution in [3.63, 3.8) is 0 Å². The number of amides is 2. The zero-order valence-corrected chi connectivity index (χ0v) is 8.15. The molecule has 13 heavy (non-hydrogen) atoms. The highest BCUT2D eigenvalue weighted by Gasteiger charge is 2.27. The molecule has 0 aromatic heterocycles. The molecule has 0 fully saturated rings. The first-order valence-corrected chi connectivity index (χ1v) is 3.97. The molecule has 5 heteroatoms. The first-order valence-electron chi connectivity index (χ1n) is 3.97. The van der Waals surface area contributed by atoms with E-state index in [-0.39, 0.29) is 6.42 Å². The van der Waals surface area contributed by atoms with E-state index >= 15 is 0 Å². The van der Waals surface area contributed by atoms with Crippen LogP contribution >= 0.6 is 0 Å². The molecule has 2 amide bonds. The Morgan fingerprint density at radius 1 is 1.69 bits per heavy atom. The van der Waals surface area contributed by atoms with Gasteiger partial charge in [0.2, 0.25) is 12.3 Å². The molecule has 0 heterocycles. The van der Waals surface area contributed by atoms with Gasteiger partial charge in [0.25, 0.3) is 0 Å². The Labute approximate surface area is 77.5 Å². The van der Waals surface area contributed by atoms with E-state index in [1.807, 2.05) is 0 Å². The Hall–Kier alpha value is -1.10. The summed E-state index contributed by atoms with van der Waals surface area (Å²) in [6, 6.07) is -0.752. The molecule has 0 saturated carbocycles. The SMILES string of the molecule is CN(C=O)[C@@H](CC(C)(C)O)C(N)=O. The van der Waals surface area contributed by atoms with E-state index in [1.165, 1.54) is 7.05 Å². The number of hydrogen-bond donors (Lipinski definition) is 2. The zero-order chi connectivity index (χ0) is 10.6. The molecular formula is C8H16N2O3. The predicted molar refractivity (Wildman–Crippen MR) is 47.7 cm³/mol.